The zero-order valence-electron chi connectivity index (χ0n) is 33.9. The summed E-state index contributed by atoms with van der Waals surface area (Å²) in [6.07, 6.45) is 7.70. The quantitative estimate of drug-likeness (QED) is 0.227. The molecule has 0 amide bonds. The first-order chi connectivity index (χ1) is 24.3. The van der Waals surface area contributed by atoms with Crippen molar-refractivity contribution in [1.82, 2.24) is 9.80 Å². The number of ketones is 1. The molecule has 4 saturated carbocycles. The number of carbonyl (C=O) groups excluding carboxylic acids is 2. The SMILES string of the molecule is COCCN1CCN(CC(O)C23CCC4C(CCC5C4(C)CCC4C(C)(C)C(OC(=O)CC(C)(C)C(=O)O)CCC45C)C2=C(C(C)C)C(=O)C3)CC1. The van der Waals surface area contributed by atoms with Crippen LogP contribution < -0.4 is 0 Å². The summed E-state index contributed by atoms with van der Waals surface area (Å²) in [5.41, 5.74) is 0.796. The second-order valence-electron chi connectivity index (χ2n) is 20.1. The van der Waals surface area contributed by atoms with Gasteiger partial charge in [0.1, 0.15) is 6.10 Å². The van der Waals surface area contributed by atoms with Gasteiger partial charge in [-0.25, -0.2) is 0 Å². The number of methoxy groups -OCH3 is 1. The number of carboxylic acids is 1. The lowest BCUT2D eigenvalue weighted by molar-refractivity contribution is -0.214. The van der Waals surface area contributed by atoms with E-state index < -0.39 is 28.9 Å². The fraction of sp³-hybridized carbons (Fsp3) is 0.884. The Labute approximate surface area is 313 Å². The highest BCUT2D eigenvalue weighted by Crippen LogP contribution is 2.73. The summed E-state index contributed by atoms with van der Waals surface area (Å²) in [7, 11) is 1.75. The molecule has 6 aliphatic rings. The molecular formula is C43H70N2O7. The van der Waals surface area contributed by atoms with Crippen molar-refractivity contribution in [1.29, 1.82) is 0 Å². The van der Waals surface area contributed by atoms with E-state index in [2.05, 4.69) is 51.3 Å². The van der Waals surface area contributed by atoms with Gasteiger partial charge >= 0.3 is 11.9 Å². The van der Waals surface area contributed by atoms with Crippen LogP contribution in [0.4, 0.5) is 0 Å². The highest BCUT2D eigenvalue weighted by Gasteiger charge is 2.67. The fourth-order valence-corrected chi connectivity index (χ4v) is 13.4. The number of fused-ring (bicyclic) bond motifs is 7. The van der Waals surface area contributed by atoms with Crippen LogP contribution in [0.2, 0.25) is 0 Å². The summed E-state index contributed by atoms with van der Waals surface area (Å²) < 4.78 is 11.5. The van der Waals surface area contributed by atoms with Crippen molar-refractivity contribution >= 4 is 17.7 Å². The number of aliphatic carboxylic acids is 1. The van der Waals surface area contributed by atoms with Gasteiger partial charge in [-0.15, -0.1) is 0 Å². The Morgan fingerprint density at radius 1 is 0.904 bits per heavy atom. The number of Topliss-reactive ketones (excluding diaryl/α,β-unsaturated/α-hetero) is 1. The smallest absolute Gasteiger partial charge is 0.309 e. The summed E-state index contributed by atoms with van der Waals surface area (Å²) in [6.45, 7) is 23.3. The average molecular weight is 727 g/mol. The minimum Gasteiger partial charge on any atom is -0.481 e. The Kier molecular flexibility index (Phi) is 11.0. The number of hydrogen-bond acceptors (Lipinski definition) is 8. The third-order valence-electron chi connectivity index (χ3n) is 16.2. The van der Waals surface area contributed by atoms with E-state index in [0.717, 1.165) is 96.3 Å². The van der Waals surface area contributed by atoms with Gasteiger partial charge in [0.15, 0.2) is 5.78 Å². The molecule has 0 radical (unpaired) electrons. The van der Waals surface area contributed by atoms with Gasteiger partial charge in [-0.3, -0.25) is 24.2 Å². The van der Waals surface area contributed by atoms with Gasteiger partial charge in [-0.2, -0.15) is 0 Å². The first-order valence-corrected chi connectivity index (χ1v) is 20.6. The molecule has 0 bridgehead atoms. The Hall–Kier alpha value is -1.81. The van der Waals surface area contributed by atoms with Crippen LogP contribution in [-0.4, -0.2) is 103 Å². The molecule has 1 aliphatic heterocycles. The van der Waals surface area contributed by atoms with Crippen molar-refractivity contribution in [2.45, 2.75) is 132 Å². The van der Waals surface area contributed by atoms with Crippen molar-refractivity contribution in [3.63, 3.8) is 0 Å². The zero-order chi connectivity index (χ0) is 38.0. The van der Waals surface area contributed by atoms with Crippen LogP contribution in [0.5, 0.6) is 0 Å². The lowest BCUT2D eigenvalue weighted by Gasteiger charge is -2.69. The second kappa shape index (κ2) is 14.4. The van der Waals surface area contributed by atoms with E-state index in [1.807, 2.05) is 0 Å². The van der Waals surface area contributed by atoms with E-state index in [1.54, 1.807) is 21.0 Å². The van der Waals surface area contributed by atoms with Crippen LogP contribution in [0.25, 0.3) is 0 Å². The molecule has 294 valence electrons. The minimum absolute atomic E-state index is 0.102. The van der Waals surface area contributed by atoms with Gasteiger partial charge < -0.3 is 19.7 Å². The monoisotopic (exact) mass is 727 g/mol. The van der Waals surface area contributed by atoms with Gasteiger partial charge in [0.25, 0.3) is 0 Å². The third kappa shape index (κ3) is 6.63. The number of rotatable bonds is 11. The van der Waals surface area contributed by atoms with Gasteiger partial charge in [0.05, 0.1) is 24.5 Å². The highest BCUT2D eigenvalue weighted by atomic mass is 16.5. The number of aliphatic hydroxyl groups is 1. The van der Waals surface area contributed by atoms with E-state index in [1.165, 1.54) is 5.57 Å². The Bertz CT molecular complexity index is 1410. The summed E-state index contributed by atoms with van der Waals surface area (Å²) in [5.74, 6) is 0.787. The predicted molar refractivity (Wildman–Crippen MR) is 201 cm³/mol. The maximum Gasteiger partial charge on any atom is 0.309 e. The van der Waals surface area contributed by atoms with Crippen LogP contribution in [-0.2, 0) is 23.9 Å². The molecule has 5 aliphatic carbocycles. The van der Waals surface area contributed by atoms with E-state index in [9.17, 15) is 24.6 Å². The number of carboxylic acid groups (broad SMARTS) is 1. The summed E-state index contributed by atoms with van der Waals surface area (Å²) in [6, 6.07) is 0. The molecule has 5 fully saturated rings. The number of ether oxygens (including phenoxy) is 2. The second-order valence-corrected chi connectivity index (χ2v) is 20.1. The molecule has 0 aromatic rings. The van der Waals surface area contributed by atoms with Gasteiger partial charge in [-0.05, 0) is 111 Å². The maximum absolute atomic E-state index is 14.0. The molecule has 9 nitrogen and oxygen atoms in total. The van der Waals surface area contributed by atoms with Gasteiger partial charge in [-0.1, -0.05) is 47.1 Å². The molecule has 9 atom stereocenters. The number of hydrogen-bond donors (Lipinski definition) is 2. The highest BCUT2D eigenvalue weighted by molar-refractivity contribution is 6.00. The first-order valence-electron chi connectivity index (χ1n) is 20.6. The predicted octanol–water partition coefficient (Wildman–Crippen LogP) is 6.61. The molecule has 9 heteroatoms. The number of piperazine rings is 1. The van der Waals surface area contributed by atoms with E-state index in [0.29, 0.717) is 36.6 Å². The van der Waals surface area contributed by atoms with Gasteiger partial charge in [0, 0.05) is 63.6 Å². The van der Waals surface area contributed by atoms with Crippen LogP contribution >= 0.6 is 0 Å². The molecule has 1 heterocycles. The Balaban J connectivity index is 1.21. The van der Waals surface area contributed by atoms with Crippen molar-refractivity contribution in [2.75, 3.05) is 53.0 Å². The van der Waals surface area contributed by atoms with Crippen LogP contribution in [0.3, 0.4) is 0 Å². The summed E-state index contributed by atoms with van der Waals surface area (Å²) in [4.78, 5) is 43.7. The number of esters is 1. The summed E-state index contributed by atoms with van der Waals surface area (Å²) >= 11 is 0. The molecule has 9 unspecified atom stereocenters. The van der Waals surface area contributed by atoms with E-state index >= 15 is 0 Å². The molecular weight excluding hydrogens is 656 g/mol. The normalized spacial score (nSPS) is 38.7. The lowest BCUT2D eigenvalue weighted by atomic mass is 9.36. The Morgan fingerprint density at radius 2 is 1.56 bits per heavy atom. The lowest BCUT2D eigenvalue weighted by Crippen LogP contribution is -2.63. The van der Waals surface area contributed by atoms with Crippen molar-refractivity contribution in [3.05, 3.63) is 11.1 Å². The number of allylic oxidation sites excluding steroid dienone is 1. The minimum atomic E-state index is -1.16. The first kappa shape index (κ1) is 39.9. The summed E-state index contributed by atoms with van der Waals surface area (Å²) in [5, 5.41) is 21.9. The van der Waals surface area contributed by atoms with Crippen molar-refractivity contribution in [2.24, 2.45) is 56.7 Å². The Morgan fingerprint density at radius 3 is 2.19 bits per heavy atom. The largest absolute Gasteiger partial charge is 0.481 e. The molecule has 0 aromatic carbocycles. The molecule has 52 heavy (non-hydrogen) atoms. The maximum atomic E-state index is 14.0. The molecule has 1 saturated heterocycles. The van der Waals surface area contributed by atoms with Crippen LogP contribution in [0.1, 0.15) is 120 Å². The fourth-order valence-electron chi connectivity index (χ4n) is 13.4. The van der Waals surface area contributed by atoms with Crippen molar-refractivity contribution < 1.29 is 34.1 Å². The molecule has 6 rings (SSSR count). The number of aliphatic hydroxyl groups excluding tert-OH is 1. The third-order valence-corrected chi connectivity index (χ3v) is 16.2. The van der Waals surface area contributed by atoms with Gasteiger partial charge in [0.2, 0.25) is 0 Å². The van der Waals surface area contributed by atoms with E-state index in [4.69, 9.17) is 9.47 Å². The number of β-amino-alcohol motifs (C(OH)–C–C–N with tert-alkyl or cyclic N) is 1. The number of carbonyl (C=O) groups is 3. The molecule has 0 spiro atoms. The zero-order valence-corrected chi connectivity index (χ0v) is 33.9. The number of nitrogens with zero attached hydrogens (tertiary/aromatic N) is 2. The standard InChI is InChI=1S/C43H70N2O7/c1-27(2)36-30(46)24-43(33(47)26-45-20-18-44(19-21-45)22-23-51-9)17-12-29-28(37(36)43)10-11-32-41(29,7)15-13-31-40(5,6)34(14-16-42(31,32)8)52-35(48)25-39(3,4)38(49)50/h27-29,31-34,47H,10-26H2,1-9H3,(H,49,50). The molecule has 2 N–H and O–H groups in total. The van der Waals surface area contributed by atoms with Crippen molar-refractivity contribution in [3.8, 4) is 0 Å². The average Bonchev–Trinajstić information content (AvgIpc) is 3.39. The topological polar surface area (TPSA) is 117 Å². The van der Waals surface area contributed by atoms with E-state index in [-0.39, 0.29) is 40.5 Å². The van der Waals surface area contributed by atoms with Crippen LogP contribution in [0.15, 0.2) is 11.1 Å². The molecule has 0 aromatic heterocycles. The van der Waals surface area contributed by atoms with Crippen LogP contribution in [0, 0.1) is 56.7 Å².